The summed E-state index contributed by atoms with van der Waals surface area (Å²) < 4.78 is 40.5. The largest absolute Gasteiger partial charge is 0.497 e. The first kappa shape index (κ1) is 14.2. The molecule has 0 spiro atoms. The lowest BCUT2D eigenvalue weighted by Gasteiger charge is -2.08. The second-order valence-electron chi connectivity index (χ2n) is 3.32. The van der Waals surface area contributed by atoms with Crippen molar-refractivity contribution >= 4 is 11.8 Å². The van der Waals surface area contributed by atoms with Crippen molar-refractivity contribution in [3.05, 3.63) is 24.3 Å². The molecule has 1 aromatic carbocycles. The van der Waals surface area contributed by atoms with Crippen LogP contribution in [0.1, 0.15) is 0 Å². The number of halogens is 3. The van der Waals surface area contributed by atoms with E-state index in [9.17, 15) is 13.2 Å². The smallest absolute Gasteiger partial charge is 0.401 e. The van der Waals surface area contributed by atoms with Gasteiger partial charge in [0, 0.05) is 17.2 Å². The fourth-order valence-corrected chi connectivity index (χ4v) is 2.02. The lowest BCUT2D eigenvalue weighted by Crippen LogP contribution is -2.30. The van der Waals surface area contributed by atoms with E-state index in [1.807, 2.05) is 24.3 Å². The molecular formula is C11H14F3NOS. The topological polar surface area (TPSA) is 21.3 Å². The first-order chi connectivity index (χ1) is 8.01. The summed E-state index contributed by atoms with van der Waals surface area (Å²) in [5.41, 5.74) is 0. The molecule has 0 radical (unpaired) electrons. The maximum absolute atomic E-state index is 11.8. The summed E-state index contributed by atoms with van der Waals surface area (Å²) >= 11 is 1.49. The molecule has 1 rings (SSSR count). The van der Waals surface area contributed by atoms with Gasteiger partial charge in [0.2, 0.25) is 0 Å². The van der Waals surface area contributed by atoms with Crippen LogP contribution in [0.15, 0.2) is 29.2 Å². The van der Waals surface area contributed by atoms with Gasteiger partial charge in [0.15, 0.2) is 0 Å². The highest BCUT2D eigenvalue weighted by atomic mass is 32.2. The normalized spacial score (nSPS) is 11.5. The van der Waals surface area contributed by atoms with Crippen LogP contribution in [0, 0.1) is 0 Å². The van der Waals surface area contributed by atoms with Crippen molar-refractivity contribution in [3.63, 3.8) is 0 Å². The number of ether oxygens (including phenoxy) is 1. The molecule has 0 heterocycles. The minimum atomic E-state index is -4.14. The molecule has 96 valence electrons. The minimum absolute atomic E-state index is 0.321. The Morgan fingerprint density at radius 2 is 2.12 bits per heavy atom. The number of hydrogen-bond donors (Lipinski definition) is 1. The zero-order chi connectivity index (χ0) is 12.7. The van der Waals surface area contributed by atoms with Crippen molar-refractivity contribution in [3.8, 4) is 5.75 Å². The molecular weight excluding hydrogens is 251 g/mol. The number of rotatable bonds is 6. The molecule has 0 saturated heterocycles. The summed E-state index contributed by atoms with van der Waals surface area (Å²) in [5, 5.41) is 2.35. The second kappa shape index (κ2) is 6.76. The van der Waals surface area contributed by atoms with E-state index in [0.717, 1.165) is 10.6 Å². The van der Waals surface area contributed by atoms with E-state index in [1.54, 1.807) is 7.11 Å². The quantitative estimate of drug-likeness (QED) is 0.631. The number of nitrogens with one attached hydrogen (secondary N) is 1. The van der Waals surface area contributed by atoms with E-state index in [2.05, 4.69) is 5.32 Å². The van der Waals surface area contributed by atoms with Crippen LogP contribution in [0.2, 0.25) is 0 Å². The van der Waals surface area contributed by atoms with Gasteiger partial charge in [-0.2, -0.15) is 13.2 Å². The summed E-state index contributed by atoms with van der Waals surface area (Å²) in [6, 6.07) is 7.43. The van der Waals surface area contributed by atoms with Gasteiger partial charge in [0.1, 0.15) is 5.75 Å². The van der Waals surface area contributed by atoms with Gasteiger partial charge in [-0.1, -0.05) is 6.07 Å². The SMILES string of the molecule is COc1cccc(SCCNCC(F)(F)F)c1. The van der Waals surface area contributed by atoms with Crippen molar-refractivity contribution in [1.82, 2.24) is 5.32 Å². The fourth-order valence-electron chi connectivity index (χ4n) is 1.16. The standard InChI is InChI=1S/C11H14F3NOS/c1-16-9-3-2-4-10(7-9)17-6-5-15-8-11(12,13)14/h2-4,7,15H,5-6,8H2,1H3. The van der Waals surface area contributed by atoms with Gasteiger partial charge in [-0.25, -0.2) is 0 Å². The summed E-state index contributed by atoms with van der Waals surface area (Å²) in [4.78, 5) is 0.984. The van der Waals surface area contributed by atoms with Gasteiger partial charge in [0.25, 0.3) is 0 Å². The Hall–Kier alpha value is -0.880. The molecule has 0 bridgehead atoms. The average molecular weight is 265 g/mol. The molecule has 17 heavy (non-hydrogen) atoms. The molecule has 0 atom stereocenters. The van der Waals surface area contributed by atoms with E-state index in [4.69, 9.17) is 4.74 Å². The lowest BCUT2D eigenvalue weighted by molar-refractivity contribution is -0.124. The van der Waals surface area contributed by atoms with Crippen molar-refractivity contribution in [1.29, 1.82) is 0 Å². The van der Waals surface area contributed by atoms with Crippen molar-refractivity contribution in [2.75, 3.05) is 26.0 Å². The first-order valence-electron chi connectivity index (χ1n) is 5.05. The Morgan fingerprint density at radius 3 is 2.76 bits per heavy atom. The van der Waals surface area contributed by atoms with Crippen LogP contribution in [-0.2, 0) is 0 Å². The minimum Gasteiger partial charge on any atom is -0.497 e. The van der Waals surface area contributed by atoms with Crippen LogP contribution < -0.4 is 10.1 Å². The van der Waals surface area contributed by atoms with Crippen LogP contribution in [0.25, 0.3) is 0 Å². The summed E-state index contributed by atoms with van der Waals surface area (Å²) in [6.07, 6.45) is -4.14. The Bertz CT molecular complexity index is 344. The van der Waals surface area contributed by atoms with Crippen molar-refractivity contribution in [2.45, 2.75) is 11.1 Å². The van der Waals surface area contributed by atoms with Gasteiger partial charge in [0.05, 0.1) is 13.7 Å². The highest BCUT2D eigenvalue weighted by Crippen LogP contribution is 2.22. The molecule has 0 saturated carbocycles. The molecule has 0 aliphatic rings. The number of thioether (sulfide) groups is 1. The molecule has 0 aliphatic carbocycles. The van der Waals surface area contributed by atoms with Gasteiger partial charge < -0.3 is 10.1 Å². The molecule has 1 aromatic rings. The van der Waals surface area contributed by atoms with E-state index < -0.39 is 12.7 Å². The molecule has 0 unspecified atom stereocenters. The van der Waals surface area contributed by atoms with Crippen LogP contribution in [-0.4, -0.2) is 32.1 Å². The molecule has 1 N–H and O–H groups in total. The Labute approximate surface area is 103 Å². The third kappa shape index (κ3) is 6.43. The monoisotopic (exact) mass is 265 g/mol. The Morgan fingerprint density at radius 1 is 1.35 bits per heavy atom. The Balaban J connectivity index is 2.22. The highest BCUT2D eigenvalue weighted by Gasteiger charge is 2.25. The Kier molecular flexibility index (Phi) is 5.64. The van der Waals surface area contributed by atoms with Gasteiger partial charge in [-0.15, -0.1) is 11.8 Å². The van der Waals surface area contributed by atoms with Crippen molar-refractivity contribution in [2.24, 2.45) is 0 Å². The van der Waals surface area contributed by atoms with Crippen LogP contribution in [0.5, 0.6) is 5.75 Å². The molecule has 0 amide bonds. The highest BCUT2D eigenvalue weighted by molar-refractivity contribution is 7.99. The van der Waals surface area contributed by atoms with E-state index in [-0.39, 0.29) is 0 Å². The fraction of sp³-hybridized carbons (Fsp3) is 0.455. The van der Waals surface area contributed by atoms with Gasteiger partial charge in [-0.3, -0.25) is 0 Å². The van der Waals surface area contributed by atoms with Crippen LogP contribution >= 0.6 is 11.8 Å². The molecule has 6 heteroatoms. The summed E-state index contributed by atoms with van der Waals surface area (Å²) in [5.74, 6) is 1.33. The molecule has 2 nitrogen and oxygen atoms in total. The first-order valence-corrected chi connectivity index (χ1v) is 6.04. The predicted molar refractivity (Wildman–Crippen MR) is 62.6 cm³/mol. The summed E-state index contributed by atoms with van der Waals surface area (Å²) in [6.45, 7) is -0.618. The van der Waals surface area contributed by atoms with Gasteiger partial charge in [-0.05, 0) is 18.2 Å². The molecule has 0 aliphatic heterocycles. The third-order valence-corrected chi connectivity index (χ3v) is 2.91. The number of methoxy groups -OCH3 is 1. The van der Waals surface area contributed by atoms with Crippen LogP contribution in [0.4, 0.5) is 13.2 Å². The average Bonchev–Trinajstić information content (AvgIpc) is 2.27. The van der Waals surface area contributed by atoms with E-state index >= 15 is 0 Å². The lowest BCUT2D eigenvalue weighted by atomic mass is 10.3. The van der Waals surface area contributed by atoms with Gasteiger partial charge >= 0.3 is 6.18 Å². The maximum Gasteiger partial charge on any atom is 0.401 e. The number of hydrogen-bond acceptors (Lipinski definition) is 3. The number of benzene rings is 1. The second-order valence-corrected chi connectivity index (χ2v) is 4.49. The predicted octanol–water partition coefficient (Wildman–Crippen LogP) is 2.94. The van der Waals surface area contributed by atoms with Crippen molar-refractivity contribution < 1.29 is 17.9 Å². The summed E-state index contributed by atoms with van der Waals surface area (Å²) in [7, 11) is 1.58. The third-order valence-electron chi connectivity index (χ3n) is 1.91. The maximum atomic E-state index is 11.8. The molecule has 0 fully saturated rings. The van der Waals surface area contributed by atoms with E-state index in [1.165, 1.54) is 11.8 Å². The van der Waals surface area contributed by atoms with E-state index in [0.29, 0.717) is 12.3 Å². The zero-order valence-corrected chi connectivity index (χ0v) is 10.2. The number of alkyl halides is 3. The van der Waals surface area contributed by atoms with Crippen LogP contribution in [0.3, 0.4) is 0 Å². The molecule has 0 aromatic heterocycles. The zero-order valence-electron chi connectivity index (χ0n) is 9.38.